The molecule has 2 rings (SSSR count). The van der Waals surface area contributed by atoms with Gasteiger partial charge in [0.15, 0.2) is 0 Å². The molecule has 1 aromatic carbocycles. The predicted octanol–water partition coefficient (Wildman–Crippen LogP) is 1.96. The first-order chi connectivity index (χ1) is 8.61. The Hall–Kier alpha value is -1.75. The third-order valence-corrected chi connectivity index (χ3v) is 2.85. The smallest absolute Gasteiger partial charge is 0.123 e. The summed E-state index contributed by atoms with van der Waals surface area (Å²) >= 11 is 0. The van der Waals surface area contributed by atoms with Gasteiger partial charge in [-0.3, -0.25) is 4.68 Å². The molecule has 5 heteroatoms. The van der Waals surface area contributed by atoms with E-state index in [4.69, 9.17) is 0 Å². The van der Waals surface area contributed by atoms with E-state index < -0.39 is 0 Å². The molecule has 1 heterocycles. The zero-order valence-corrected chi connectivity index (χ0v) is 10.8. The van der Waals surface area contributed by atoms with Gasteiger partial charge in [0.05, 0.1) is 17.9 Å². The van der Waals surface area contributed by atoms with Crippen LogP contribution in [0.5, 0.6) is 0 Å². The number of nitrogens with zero attached hydrogens (tertiary/aromatic N) is 3. The van der Waals surface area contributed by atoms with Gasteiger partial charge in [-0.1, -0.05) is 18.2 Å². The zero-order chi connectivity index (χ0) is 13.1. The highest BCUT2D eigenvalue weighted by Gasteiger charge is 2.17. The molecule has 1 aromatic heterocycles. The van der Waals surface area contributed by atoms with Crippen LogP contribution in [0.3, 0.4) is 0 Å². The molecule has 96 valence electrons. The molecule has 0 saturated heterocycles. The van der Waals surface area contributed by atoms with Crippen molar-refractivity contribution in [3.63, 3.8) is 0 Å². The molecule has 0 fully saturated rings. The van der Waals surface area contributed by atoms with Crippen molar-refractivity contribution in [2.45, 2.75) is 19.9 Å². The maximum Gasteiger partial charge on any atom is 0.123 e. The van der Waals surface area contributed by atoms with Crippen LogP contribution in [-0.4, -0.2) is 21.5 Å². The lowest BCUT2D eigenvalue weighted by molar-refractivity contribution is 0.560. The van der Waals surface area contributed by atoms with Gasteiger partial charge in [0.2, 0.25) is 0 Å². The van der Waals surface area contributed by atoms with Crippen LogP contribution in [-0.2, 0) is 7.05 Å². The Kier molecular flexibility index (Phi) is 3.72. The maximum atomic E-state index is 13.5. The van der Waals surface area contributed by atoms with Crippen molar-refractivity contribution < 1.29 is 4.39 Å². The predicted molar refractivity (Wildman–Crippen MR) is 67.7 cm³/mol. The Labute approximate surface area is 106 Å². The summed E-state index contributed by atoms with van der Waals surface area (Å²) in [5, 5.41) is 11.1. The van der Waals surface area contributed by atoms with E-state index in [1.54, 1.807) is 16.9 Å². The second-order valence-electron chi connectivity index (χ2n) is 4.34. The number of halogens is 1. The Bertz CT molecular complexity index is 515. The molecule has 0 aliphatic carbocycles. The van der Waals surface area contributed by atoms with Crippen molar-refractivity contribution in [2.75, 3.05) is 6.54 Å². The summed E-state index contributed by atoms with van der Waals surface area (Å²) < 4.78 is 15.2. The molecule has 0 bridgehead atoms. The molecule has 0 saturated carbocycles. The topological polar surface area (TPSA) is 42.7 Å². The van der Waals surface area contributed by atoms with E-state index >= 15 is 0 Å². The van der Waals surface area contributed by atoms with Gasteiger partial charge in [-0.25, -0.2) is 4.39 Å². The number of aromatic nitrogens is 3. The number of nitrogens with one attached hydrogen (secondary N) is 1. The van der Waals surface area contributed by atoms with Gasteiger partial charge in [0, 0.05) is 7.05 Å². The average Bonchev–Trinajstić information content (AvgIpc) is 2.71. The van der Waals surface area contributed by atoms with Crippen LogP contribution in [0.25, 0.3) is 0 Å². The van der Waals surface area contributed by atoms with Gasteiger partial charge in [-0.05, 0) is 36.7 Å². The van der Waals surface area contributed by atoms with E-state index in [1.165, 1.54) is 6.07 Å². The summed E-state index contributed by atoms with van der Waals surface area (Å²) in [7, 11) is 1.83. The summed E-state index contributed by atoms with van der Waals surface area (Å²) in [4.78, 5) is 0. The molecule has 4 nitrogen and oxygen atoms in total. The average molecular weight is 248 g/mol. The molecule has 1 atom stereocenters. The first-order valence-electron chi connectivity index (χ1n) is 5.97. The fourth-order valence-electron chi connectivity index (χ4n) is 2.09. The summed E-state index contributed by atoms with van der Waals surface area (Å²) in [5.74, 6) is -0.219. The number of aryl methyl sites for hydroxylation is 2. The normalized spacial score (nSPS) is 12.7. The lowest BCUT2D eigenvalue weighted by atomic mass is 10.0. The SMILES string of the molecule is CCNC(c1cc(C)cc(F)c1)c1cnnn1C. The van der Waals surface area contributed by atoms with E-state index in [-0.39, 0.29) is 11.9 Å². The van der Waals surface area contributed by atoms with Crippen molar-refractivity contribution in [1.29, 1.82) is 0 Å². The van der Waals surface area contributed by atoms with E-state index in [0.29, 0.717) is 0 Å². The fraction of sp³-hybridized carbons (Fsp3) is 0.385. The molecule has 0 aliphatic rings. The van der Waals surface area contributed by atoms with Crippen LogP contribution in [0.15, 0.2) is 24.4 Å². The van der Waals surface area contributed by atoms with Crippen LogP contribution in [0.1, 0.15) is 29.8 Å². The Morgan fingerprint density at radius 3 is 2.72 bits per heavy atom. The minimum Gasteiger partial charge on any atom is -0.305 e. The molecule has 18 heavy (non-hydrogen) atoms. The maximum absolute atomic E-state index is 13.5. The van der Waals surface area contributed by atoms with Crippen molar-refractivity contribution >= 4 is 0 Å². The highest BCUT2D eigenvalue weighted by Crippen LogP contribution is 2.22. The van der Waals surface area contributed by atoms with Gasteiger partial charge in [0.25, 0.3) is 0 Å². The minimum atomic E-state index is -0.219. The Morgan fingerprint density at radius 1 is 1.39 bits per heavy atom. The van der Waals surface area contributed by atoms with Gasteiger partial charge in [-0.15, -0.1) is 5.10 Å². The van der Waals surface area contributed by atoms with E-state index in [9.17, 15) is 4.39 Å². The van der Waals surface area contributed by atoms with Crippen LogP contribution < -0.4 is 5.32 Å². The van der Waals surface area contributed by atoms with Crippen molar-refractivity contribution in [3.8, 4) is 0 Å². The summed E-state index contributed by atoms with van der Waals surface area (Å²) in [6.45, 7) is 4.69. The highest BCUT2D eigenvalue weighted by molar-refractivity contribution is 5.31. The second kappa shape index (κ2) is 5.27. The van der Waals surface area contributed by atoms with Gasteiger partial charge in [0.1, 0.15) is 5.82 Å². The van der Waals surface area contributed by atoms with Crippen molar-refractivity contribution in [2.24, 2.45) is 7.05 Å². The minimum absolute atomic E-state index is 0.0931. The van der Waals surface area contributed by atoms with Crippen LogP contribution in [0.4, 0.5) is 4.39 Å². The van der Waals surface area contributed by atoms with Crippen molar-refractivity contribution in [3.05, 3.63) is 47.0 Å². The molecule has 2 aromatic rings. The molecule has 0 amide bonds. The number of rotatable bonds is 4. The third-order valence-electron chi connectivity index (χ3n) is 2.85. The summed E-state index contributed by atoms with van der Waals surface area (Å²) in [5.41, 5.74) is 2.71. The second-order valence-corrected chi connectivity index (χ2v) is 4.34. The fourth-order valence-corrected chi connectivity index (χ4v) is 2.09. The largest absolute Gasteiger partial charge is 0.305 e. The number of hydrogen-bond acceptors (Lipinski definition) is 3. The summed E-state index contributed by atoms with van der Waals surface area (Å²) in [6.07, 6.45) is 1.70. The van der Waals surface area contributed by atoms with Gasteiger partial charge >= 0.3 is 0 Å². The van der Waals surface area contributed by atoms with E-state index in [0.717, 1.165) is 23.4 Å². The molecule has 0 aliphatic heterocycles. The lowest BCUT2D eigenvalue weighted by Crippen LogP contribution is -2.24. The van der Waals surface area contributed by atoms with E-state index in [2.05, 4.69) is 15.6 Å². The Balaban J connectivity index is 2.44. The van der Waals surface area contributed by atoms with Crippen LogP contribution in [0, 0.1) is 12.7 Å². The summed E-state index contributed by atoms with van der Waals surface area (Å²) in [6, 6.07) is 4.95. The van der Waals surface area contributed by atoms with E-state index in [1.807, 2.05) is 27.0 Å². The first-order valence-corrected chi connectivity index (χ1v) is 5.97. The van der Waals surface area contributed by atoms with Gasteiger partial charge in [-0.2, -0.15) is 0 Å². The highest BCUT2D eigenvalue weighted by atomic mass is 19.1. The lowest BCUT2D eigenvalue weighted by Gasteiger charge is -2.18. The van der Waals surface area contributed by atoms with Crippen molar-refractivity contribution in [1.82, 2.24) is 20.3 Å². The molecule has 1 N–H and O–H groups in total. The quantitative estimate of drug-likeness (QED) is 0.899. The number of benzene rings is 1. The molecule has 0 radical (unpaired) electrons. The van der Waals surface area contributed by atoms with Crippen LogP contribution >= 0.6 is 0 Å². The van der Waals surface area contributed by atoms with Gasteiger partial charge < -0.3 is 5.32 Å². The number of hydrogen-bond donors (Lipinski definition) is 1. The molecular formula is C13H17FN4. The first kappa shape index (κ1) is 12.7. The Morgan fingerprint density at radius 2 is 2.17 bits per heavy atom. The molecular weight excluding hydrogens is 231 g/mol. The molecule has 0 spiro atoms. The standard InChI is InChI=1S/C13H17FN4/c1-4-15-13(12-8-16-17-18(12)3)10-5-9(2)6-11(14)7-10/h5-8,13,15H,4H2,1-3H3. The monoisotopic (exact) mass is 248 g/mol. The molecule has 1 unspecified atom stereocenters. The third kappa shape index (κ3) is 2.56. The van der Waals surface area contributed by atoms with Crippen LogP contribution in [0.2, 0.25) is 0 Å². The zero-order valence-electron chi connectivity index (χ0n) is 10.8.